The summed E-state index contributed by atoms with van der Waals surface area (Å²) < 4.78 is 9.99. The average molecular weight is 230 g/mol. The first kappa shape index (κ1) is 12.5. The number of methoxy groups -OCH3 is 2. The van der Waals surface area contributed by atoms with Crippen LogP contribution in [0.2, 0.25) is 0 Å². The van der Waals surface area contributed by atoms with Gasteiger partial charge in [0.05, 0.1) is 31.9 Å². The Labute approximate surface area is 98.8 Å². The van der Waals surface area contributed by atoms with Crippen molar-refractivity contribution in [3.05, 3.63) is 23.8 Å². The third-order valence-corrected chi connectivity index (χ3v) is 2.19. The van der Waals surface area contributed by atoms with Gasteiger partial charge in [0.25, 0.3) is 0 Å². The molecule has 0 amide bonds. The summed E-state index contributed by atoms with van der Waals surface area (Å²) >= 11 is 0. The highest BCUT2D eigenvalue weighted by Crippen LogP contribution is 2.26. The van der Waals surface area contributed by atoms with Crippen LogP contribution in [0.3, 0.4) is 0 Å². The van der Waals surface area contributed by atoms with E-state index >= 15 is 0 Å². The van der Waals surface area contributed by atoms with Gasteiger partial charge in [-0.15, -0.1) is 0 Å². The minimum absolute atomic E-state index is 0.167. The van der Waals surface area contributed by atoms with Crippen molar-refractivity contribution in [3.63, 3.8) is 0 Å². The first-order valence-corrected chi connectivity index (χ1v) is 4.73. The first-order chi connectivity index (χ1) is 8.17. The van der Waals surface area contributed by atoms with E-state index in [0.717, 1.165) is 0 Å². The molecule has 0 aliphatic rings. The molecule has 0 spiro atoms. The van der Waals surface area contributed by atoms with Gasteiger partial charge in [-0.25, -0.2) is 0 Å². The normalized spacial score (nSPS) is 9.24. The van der Waals surface area contributed by atoms with Crippen LogP contribution in [-0.2, 0) is 0 Å². The number of rotatable bonds is 4. The van der Waals surface area contributed by atoms with Gasteiger partial charge in [0.1, 0.15) is 11.5 Å². The Hall–Kier alpha value is -2.53. The van der Waals surface area contributed by atoms with Crippen molar-refractivity contribution in [1.82, 2.24) is 0 Å². The summed E-state index contributed by atoms with van der Waals surface area (Å²) in [6.45, 7) is 0. The van der Waals surface area contributed by atoms with Crippen molar-refractivity contribution >= 4 is 5.78 Å². The molecule has 0 heterocycles. The van der Waals surface area contributed by atoms with E-state index in [1.807, 2.05) is 0 Å². The molecule has 0 atom stereocenters. The van der Waals surface area contributed by atoms with E-state index in [2.05, 4.69) is 0 Å². The van der Waals surface area contributed by atoms with E-state index in [-0.39, 0.29) is 5.56 Å². The zero-order chi connectivity index (χ0) is 12.8. The lowest BCUT2D eigenvalue weighted by Gasteiger charge is -2.09. The summed E-state index contributed by atoms with van der Waals surface area (Å²) in [5, 5.41) is 17.4. The Bertz CT molecular complexity index is 497. The quantitative estimate of drug-likeness (QED) is 0.733. The molecule has 1 aromatic carbocycles. The molecule has 5 nitrogen and oxygen atoms in total. The van der Waals surface area contributed by atoms with Gasteiger partial charge in [-0.1, -0.05) is 0 Å². The molecule has 0 N–H and O–H groups in total. The topological polar surface area (TPSA) is 83.1 Å². The molecule has 17 heavy (non-hydrogen) atoms. The van der Waals surface area contributed by atoms with E-state index in [1.54, 1.807) is 24.3 Å². The van der Waals surface area contributed by atoms with Crippen molar-refractivity contribution in [2.24, 2.45) is 5.92 Å². The Balaban J connectivity index is 3.24. The second-order valence-electron chi connectivity index (χ2n) is 3.12. The maximum absolute atomic E-state index is 11.9. The Morgan fingerprint density at radius 2 is 1.88 bits per heavy atom. The summed E-state index contributed by atoms with van der Waals surface area (Å²) in [4.78, 5) is 11.9. The zero-order valence-electron chi connectivity index (χ0n) is 9.43. The molecular weight excluding hydrogens is 220 g/mol. The van der Waals surface area contributed by atoms with Crippen LogP contribution in [0.5, 0.6) is 11.5 Å². The maximum Gasteiger partial charge on any atom is 0.198 e. The highest BCUT2D eigenvalue weighted by molar-refractivity contribution is 6.03. The van der Waals surface area contributed by atoms with Gasteiger partial charge in [-0.2, -0.15) is 10.5 Å². The predicted octanol–water partition coefficient (Wildman–Crippen LogP) is 1.55. The Morgan fingerprint density at radius 3 is 2.35 bits per heavy atom. The van der Waals surface area contributed by atoms with Crippen molar-refractivity contribution in [2.45, 2.75) is 0 Å². The molecule has 0 unspecified atom stereocenters. The average Bonchev–Trinajstić information content (AvgIpc) is 2.39. The number of nitrogens with zero attached hydrogens (tertiary/aromatic N) is 2. The summed E-state index contributed by atoms with van der Waals surface area (Å²) in [5.74, 6) is -1.16. The van der Waals surface area contributed by atoms with Crippen LogP contribution in [0.25, 0.3) is 0 Å². The van der Waals surface area contributed by atoms with Gasteiger partial charge in [-0.3, -0.25) is 4.79 Å². The number of nitriles is 2. The SMILES string of the molecule is COc1ccc(OC)c(C(=O)C(C#N)C#N)c1. The summed E-state index contributed by atoms with van der Waals surface area (Å²) in [6, 6.07) is 7.89. The van der Waals surface area contributed by atoms with Gasteiger partial charge >= 0.3 is 0 Å². The molecular formula is C12H10N2O3. The number of carbonyl (C=O) groups excluding carboxylic acids is 1. The molecule has 1 aromatic rings. The number of benzene rings is 1. The Kier molecular flexibility index (Phi) is 4.08. The number of carbonyl (C=O) groups is 1. The number of ether oxygens (including phenoxy) is 2. The van der Waals surface area contributed by atoms with Crippen molar-refractivity contribution < 1.29 is 14.3 Å². The van der Waals surface area contributed by atoms with Crippen molar-refractivity contribution in [1.29, 1.82) is 10.5 Å². The molecule has 0 saturated heterocycles. The largest absolute Gasteiger partial charge is 0.497 e. The van der Waals surface area contributed by atoms with E-state index in [0.29, 0.717) is 11.5 Å². The lowest BCUT2D eigenvalue weighted by molar-refractivity contribution is 0.0967. The minimum atomic E-state index is -1.34. The van der Waals surface area contributed by atoms with E-state index in [9.17, 15) is 4.79 Å². The second kappa shape index (κ2) is 5.53. The van der Waals surface area contributed by atoms with Gasteiger partial charge in [-0.05, 0) is 18.2 Å². The summed E-state index contributed by atoms with van der Waals surface area (Å²) in [6.07, 6.45) is 0. The molecule has 0 aliphatic heterocycles. The van der Waals surface area contributed by atoms with Crippen LogP contribution in [0.15, 0.2) is 18.2 Å². The Morgan fingerprint density at radius 1 is 1.24 bits per heavy atom. The summed E-state index contributed by atoms with van der Waals surface area (Å²) in [7, 11) is 2.87. The fourth-order valence-electron chi connectivity index (χ4n) is 1.31. The highest BCUT2D eigenvalue weighted by Gasteiger charge is 2.23. The van der Waals surface area contributed by atoms with Gasteiger partial charge < -0.3 is 9.47 Å². The van der Waals surface area contributed by atoms with Crippen LogP contribution in [0.1, 0.15) is 10.4 Å². The van der Waals surface area contributed by atoms with E-state index in [4.69, 9.17) is 20.0 Å². The fraction of sp³-hybridized carbons (Fsp3) is 0.250. The van der Waals surface area contributed by atoms with Crippen LogP contribution < -0.4 is 9.47 Å². The smallest absolute Gasteiger partial charge is 0.198 e. The maximum atomic E-state index is 11.9. The van der Waals surface area contributed by atoms with E-state index in [1.165, 1.54) is 20.3 Å². The predicted molar refractivity (Wildman–Crippen MR) is 58.6 cm³/mol. The third kappa shape index (κ3) is 2.53. The monoisotopic (exact) mass is 230 g/mol. The van der Waals surface area contributed by atoms with Gasteiger partial charge in [0.15, 0.2) is 11.7 Å². The molecule has 0 aliphatic carbocycles. The van der Waals surface area contributed by atoms with Gasteiger partial charge in [0.2, 0.25) is 0 Å². The third-order valence-electron chi connectivity index (χ3n) is 2.19. The van der Waals surface area contributed by atoms with Gasteiger partial charge in [0, 0.05) is 0 Å². The molecule has 0 bridgehead atoms. The van der Waals surface area contributed by atoms with E-state index < -0.39 is 11.7 Å². The number of Topliss-reactive ketones (excluding diaryl/α,β-unsaturated/α-hetero) is 1. The molecule has 5 heteroatoms. The lowest BCUT2D eigenvalue weighted by atomic mass is 9.99. The summed E-state index contributed by atoms with van der Waals surface area (Å²) in [5.41, 5.74) is 0.167. The number of hydrogen-bond donors (Lipinski definition) is 0. The second-order valence-corrected chi connectivity index (χ2v) is 3.12. The first-order valence-electron chi connectivity index (χ1n) is 4.73. The van der Waals surface area contributed by atoms with Crippen LogP contribution in [-0.4, -0.2) is 20.0 Å². The molecule has 86 valence electrons. The zero-order valence-corrected chi connectivity index (χ0v) is 9.43. The number of ketones is 1. The van der Waals surface area contributed by atoms with Crippen LogP contribution in [0.4, 0.5) is 0 Å². The van der Waals surface area contributed by atoms with Crippen LogP contribution >= 0.6 is 0 Å². The van der Waals surface area contributed by atoms with Crippen molar-refractivity contribution in [2.75, 3.05) is 14.2 Å². The number of hydrogen-bond acceptors (Lipinski definition) is 5. The molecule has 1 rings (SSSR count). The molecule has 0 fully saturated rings. The molecule has 0 radical (unpaired) electrons. The fourth-order valence-corrected chi connectivity index (χ4v) is 1.31. The molecule has 0 aromatic heterocycles. The molecule has 0 saturated carbocycles. The highest BCUT2D eigenvalue weighted by atomic mass is 16.5. The minimum Gasteiger partial charge on any atom is -0.497 e. The standard InChI is InChI=1S/C12H10N2O3/c1-16-9-3-4-11(17-2)10(5-9)12(15)8(6-13)7-14/h3-5,8H,1-2H3. The van der Waals surface area contributed by atoms with Crippen molar-refractivity contribution in [3.8, 4) is 23.6 Å². The van der Waals surface area contributed by atoms with Crippen LogP contribution in [0, 0.1) is 28.6 Å². The lowest BCUT2D eigenvalue weighted by Crippen LogP contribution is -2.12.